The molecule has 0 aromatic heterocycles. The maximum atomic E-state index is 5.81. The first kappa shape index (κ1) is 16.4. The lowest BCUT2D eigenvalue weighted by molar-refractivity contribution is 0.195. The summed E-state index contributed by atoms with van der Waals surface area (Å²) in [6, 6.07) is 9.51. The van der Waals surface area contributed by atoms with Crippen molar-refractivity contribution in [2.45, 2.75) is 72.1 Å². The van der Waals surface area contributed by atoms with Crippen molar-refractivity contribution >= 4 is 0 Å². The van der Waals surface area contributed by atoms with E-state index in [2.05, 4.69) is 58.1 Å². The highest BCUT2D eigenvalue weighted by Crippen LogP contribution is 2.31. The van der Waals surface area contributed by atoms with Gasteiger partial charge in [0.25, 0.3) is 0 Å². The quantitative estimate of drug-likeness (QED) is 0.828. The van der Waals surface area contributed by atoms with Crippen molar-refractivity contribution in [1.29, 1.82) is 0 Å². The second-order valence-corrected chi connectivity index (χ2v) is 7.04. The van der Waals surface area contributed by atoms with E-state index >= 15 is 0 Å². The van der Waals surface area contributed by atoms with Crippen molar-refractivity contribution in [3.05, 3.63) is 29.8 Å². The van der Waals surface area contributed by atoms with Gasteiger partial charge in [-0.1, -0.05) is 32.4 Å². The Morgan fingerprint density at radius 3 is 2.38 bits per heavy atom. The fourth-order valence-electron chi connectivity index (χ4n) is 3.52. The zero-order valence-electron chi connectivity index (χ0n) is 14.2. The smallest absolute Gasteiger partial charge is 0.120 e. The first-order chi connectivity index (χ1) is 9.97. The second-order valence-electron chi connectivity index (χ2n) is 7.04. The van der Waals surface area contributed by atoms with E-state index in [-0.39, 0.29) is 6.10 Å². The highest BCUT2D eigenvalue weighted by atomic mass is 16.5. The molecule has 0 saturated heterocycles. The molecule has 0 spiro atoms. The molecule has 3 unspecified atom stereocenters. The fourth-order valence-corrected chi connectivity index (χ4v) is 3.52. The summed E-state index contributed by atoms with van der Waals surface area (Å²) in [5.74, 6) is 2.51. The Balaban J connectivity index is 2.03. The Kier molecular flexibility index (Phi) is 5.69. The van der Waals surface area contributed by atoms with Crippen LogP contribution in [-0.4, -0.2) is 12.1 Å². The van der Waals surface area contributed by atoms with Crippen LogP contribution in [0.4, 0.5) is 0 Å². The minimum atomic E-state index is 0.224. The van der Waals surface area contributed by atoms with Gasteiger partial charge in [0.05, 0.1) is 6.10 Å². The van der Waals surface area contributed by atoms with Gasteiger partial charge in [0, 0.05) is 12.1 Å². The monoisotopic (exact) mass is 289 g/mol. The number of nitrogens with one attached hydrogen (secondary N) is 1. The summed E-state index contributed by atoms with van der Waals surface area (Å²) < 4.78 is 5.81. The number of hydrogen-bond donors (Lipinski definition) is 1. The van der Waals surface area contributed by atoms with E-state index in [9.17, 15) is 0 Å². The van der Waals surface area contributed by atoms with Crippen LogP contribution in [0, 0.1) is 11.8 Å². The Morgan fingerprint density at radius 2 is 1.76 bits per heavy atom. The van der Waals surface area contributed by atoms with Crippen LogP contribution in [0.2, 0.25) is 0 Å². The summed E-state index contributed by atoms with van der Waals surface area (Å²) in [5, 5.41) is 3.86. The summed E-state index contributed by atoms with van der Waals surface area (Å²) in [4.78, 5) is 0. The number of benzene rings is 1. The lowest BCUT2D eigenvalue weighted by Crippen LogP contribution is -2.43. The van der Waals surface area contributed by atoms with E-state index in [1.54, 1.807) is 0 Å². The summed E-state index contributed by atoms with van der Waals surface area (Å²) in [6.45, 7) is 11.2. The third-order valence-electron chi connectivity index (χ3n) is 4.72. The van der Waals surface area contributed by atoms with Gasteiger partial charge in [-0.3, -0.25) is 0 Å². The molecule has 1 fully saturated rings. The van der Waals surface area contributed by atoms with Crippen LogP contribution in [0.15, 0.2) is 24.3 Å². The average molecular weight is 289 g/mol. The molecule has 0 bridgehead atoms. The predicted molar refractivity (Wildman–Crippen MR) is 89.7 cm³/mol. The van der Waals surface area contributed by atoms with Gasteiger partial charge in [-0.15, -0.1) is 0 Å². The van der Waals surface area contributed by atoms with Gasteiger partial charge in [-0.25, -0.2) is 0 Å². The minimum Gasteiger partial charge on any atom is -0.491 e. The van der Waals surface area contributed by atoms with E-state index in [0.29, 0.717) is 12.1 Å². The molecule has 1 aliphatic carbocycles. The van der Waals surface area contributed by atoms with Gasteiger partial charge in [0.2, 0.25) is 0 Å². The molecule has 0 aliphatic heterocycles. The molecule has 1 aromatic rings. The van der Waals surface area contributed by atoms with Crippen molar-refractivity contribution in [3.8, 4) is 5.75 Å². The maximum Gasteiger partial charge on any atom is 0.120 e. The molecule has 21 heavy (non-hydrogen) atoms. The second kappa shape index (κ2) is 7.31. The summed E-state index contributed by atoms with van der Waals surface area (Å²) in [7, 11) is 0. The van der Waals surface area contributed by atoms with Gasteiger partial charge in [0.1, 0.15) is 5.75 Å². The summed E-state index contributed by atoms with van der Waals surface area (Å²) >= 11 is 0. The van der Waals surface area contributed by atoms with E-state index in [1.165, 1.54) is 24.8 Å². The van der Waals surface area contributed by atoms with Crippen LogP contribution < -0.4 is 10.1 Å². The van der Waals surface area contributed by atoms with Crippen molar-refractivity contribution < 1.29 is 4.74 Å². The average Bonchev–Trinajstić information content (AvgIpc) is 2.42. The van der Waals surface area contributed by atoms with Crippen LogP contribution in [0.1, 0.15) is 65.5 Å². The molecule has 118 valence electrons. The van der Waals surface area contributed by atoms with Gasteiger partial charge in [0.15, 0.2) is 0 Å². The normalized spacial score (nSPS) is 27.6. The van der Waals surface area contributed by atoms with Gasteiger partial charge in [-0.05, 0) is 63.1 Å². The first-order valence-electron chi connectivity index (χ1n) is 8.50. The Labute approximate surface area is 130 Å². The molecule has 1 aliphatic rings. The largest absolute Gasteiger partial charge is 0.491 e. The third kappa shape index (κ3) is 4.47. The standard InChI is InChI=1S/C19H31NO/c1-13(2)21-18-11-7-10-17(12-18)16(5)20-19-14(3)8-6-9-15(19)4/h7,10-16,19-20H,6,8-9H2,1-5H3. The molecule has 2 rings (SSSR count). The Hall–Kier alpha value is -1.02. The third-order valence-corrected chi connectivity index (χ3v) is 4.72. The zero-order valence-corrected chi connectivity index (χ0v) is 14.2. The van der Waals surface area contributed by atoms with E-state index in [1.807, 2.05) is 6.07 Å². The first-order valence-corrected chi connectivity index (χ1v) is 8.50. The zero-order chi connectivity index (χ0) is 15.4. The molecular weight excluding hydrogens is 258 g/mol. The molecule has 2 heteroatoms. The highest BCUT2D eigenvalue weighted by molar-refractivity contribution is 5.30. The maximum absolute atomic E-state index is 5.81. The summed E-state index contributed by atoms with van der Waals surface area (Å²) in [5.41, 5.74) is 1.32. The van der Waals surface area contributed by atoms with Gasteiger partial charge in [-0.2, -0.15) is 0 Å². The van der Waals surface area contributed by atoms with E-state index < -0.39 is 0 Å². The Bertz CT molecular complexity index is 433. The molecule has 1 aromatic carbocycles. The Morgan fingerprint density at radius 1 is 1.10 bits per heavy atom. The number of rotatable bonds is 5. The molecule has 0 heterocycles. The molecule has 0 amide bonds. The van der Waals surface area contributed by atoms with E-state index in [4.69, 9.17) is 4.74 Å². The number of ether oxygens (including phenoxy) is 1. The predicted octanol–water partition coefficient (Wildman–Crippen LogP) is 4.95. The topological polar surface area (TPSA) is 21.3 Å². The molecule has 1 saturated carbocycles. The molecular formula is C19H31NO. The van der Waals surface area contributed by atoms with Crippen LogP contribution in [0.5, 0.6) is 5.75 Å². The molecule has 2 nitrogen and oxygen atoms in total. The lowest BCUT2D eigenvalue weighted by Gasteiger charge is -2.37. The van der Waals surface area contributed by atoms with Crippen molar-refractivity contribution in [3.63, 3.8) is 0 Å². The lowest BCUT2D eigenvalue weighted by atomic mass is 9.78. The van der Waals surface area contributed by atoms with E-state index in [0.717, 1.165) is 17.6 Å². The van der Waals surface area contributed by atoms with Crippen molar-refractivity contribution in [1.82, 2.24) is 5.32 Å². The molecule has 1 N–H and O–H groups in total. The minimum absolute atomic E-state index is 0.224. The van der Waals surface area contributed by atoms with Crippen LogP contribution in [-0.2, 0) is 0 Å². The van der Waals surface area contributed by atoms with Crippen LogP contribution >= 0.6 is 0 Å². The number of hydrogen-bond acceptors (Lipinski definition) is 2. The fraction of sp³-hybridized carbons (Fsp3) is 0.684. The molecule has 0 radical (unpaired) electrons. The highest BCUT2D eigenvalue weighted by Gasteiger charge is 2.28. The van der Waals surface area contributed by atoms with Crippen LogP contribution in [0.25, 0.3) is 0 Å². The molecule has 3 atom stereocenters. The van der Waals surface area contributed by atoms with Crippen molar-refractivity contribution in [2.24, 2.45) is 11.8 Å². The van der Waals surface area contributed by atoms with Gasteiger partial charge < -0.3 is 10.1 Å². The van der Waals surface area contributed by atoms with Crippen LogP contribution in [0.3, 0.4) is 0 Å². The van der Waals surface area contributed by atoms with Gasteiger partial charge >= 0.3 is 0 Å². The SMILES string of the molecule is CC(C)Oc1cccc(C(C)NC2C(C)CCCC2C)c1. The summed E-state index contributed by atoms with van der Waals surface area (Å²) in [6.07, 6.45) is 4.31. The van der Waals surface area contributed by atoms with Crippen molar-refractivity contribution in [2.75, 3.05) is 0 Å².